The number of aliphatic hydroxyl groups excluding tert-OH is 1. The predicted molar refractivity (Wildman–Crippen MR) is 163 cm³/mol. The molecule has 0 spiro atoms. The molecule has 1 saturated carbocycles. The van der Waals surface area contributed by atoms with Gasteiger partial charge in [-0.1, -0.05) is 82.6 Å². The summed E-state index contributed by atoms with van der Waals surface area (Å²) in [4.78, 5) is 18.4. The Bertz CT molecular complexity index is 789. The van der Waals surface area contributed by atoms with E-state index in [1.165, 1.54) is 45.3 Å². The van der Waals surface area contributed by atoms with E-state index < -0.39 is 6.23 Å². The number of rotatable bonds is 15. The third-order valence-electron chi connectivity index (χ3n) is 11.2. The summed E-state index contributed by atoms with van der Waals surface area (Å²) in [7, 11) is 0. The first kappa shape index (κ1) is 33.6. The highest BCUT2D eigenvalue weighted by molar-refractivity contribution is 5.82. The van der Waals surface area contributed by atoms with Gasteiger partial charge in [0.15, 0.2) is 0 Å². The predicted octanol–water partition coefficient (Wildman–Crippen LogP) is 8.52. The van der Waals surface area contributed by atoms with Gasteiger partial charge in [0.25, 0.3) is 0 Å². The second kappa shape index (κ2) is 11.7. The summed E-state index contributed by atoms with van der Waals surface area (Å²) in [5.41, 5.74) is 0.616. The summed E-state index contributed by atoms with van der Waals surface area (Å²) in [6, 6.07) is 0. The van der Waals surface area contributed by atoms with Crippen molar-refractivity contribution in [2.45, 2.75) is 160 Å². The number of amides is 1. The number of hydrogen-bond acceptors (Lipinski definition) is 3. The van der Waals surface area contributed by atoms with E-state index >= 15 is 0 Å². The summed E-state index contributed by atoms with van der Waals surface area (Å²) < 4.78 is 0. The number of nitrogens with zero attached hydrogens (tertiary/aromatic N) is 2. The van der Waals surface area contributed by atoms with Gasteiger partial charge in [0.2, 0.25) is 5.91 Å². The Morgan fingerprint density at radius 2 is 1.45 bits per heavy atom. The highest BCUT2D eigenvalue weighted by Gasteiger charge is 2.67. The fourth-order valence-corrected chi connectivity index (χ4v) is 8.05. The van der Waals surface area contributed by atoms with Crippen LogP contribution >= 0.6 is 0 Å². The first-order valence-corrected chi connectivity index (χ1v) is 15.9. The summed E-state index contributed by atoms with van der Waals surface area (Å²) in [5, 5.41) is 11.2. The van der Waals surface area contributed by atoms with Crippen molar-refractivity contribution in [1.82, 2.24) is 9.80 Å². The molecule has 38 heavy (non-hydrogen) atoms. The Morgan fingerprint density at radius 3 is 1.92 bits per heavy atom. The van der Waals surface area contributed by atoms with Crippen LogP contribution in [0.15, 0.2) is 0 Å². The average Bonchev–Trinajstić information content (AvgIpc) is 3.14. The molecule has 1 aliphatic heterocycles. The molecule has 2 rings (SSSR count). The van der Waals surface area contributed by atoms with Crippen LogP contribution in [-0.4, -0.2) is 52.2 Å². The lowest BCUT2D eigenvalue weighted by atomic mass is 9.66. The van der Waals surface area contributed by atoms with Crippen molar-refractivity contribution >= 4 is 5.91 Å². The van der Waals surface area contributed by atoms with Crippen LogP contribution in [0.2, 0.25) is 0 Å². The molecular formula is C34H66N2O2. The van der Waals surface area contributed by atoms with Gasteiger partial charge in [-0.2, -0.15) is 0 Å². The summed E-state index contributed by atoms with van der Waals surface area (Å²) >= 11 is 0. The van der Waals surface area contributed by atoms with Gasteiger partial charge in [-0.3, -0.25) is 4.79 Å². The largest absolute Gasteiger partial charge is 0.373 e. The summed E-state index contributed by atoms with van der Waals surface area (Å²) in [6.07, 6.45) is 8.94. The lowest BCUT2D eigenvalue weighted by molar-refractivity contribution is -0.146. The Labute approximate surface area is 237 Å². The molecule has 0 aromatic rings. The zero-order valence-corrected chi connectivity index (χ0v) is 27.9. The van der Waals surface area contributed by atoms with Crippen LogP contribution in [-0.2, 0) is 4.79 Å². The SMILES string of the molecule is CCCN(CCC)CCC(C)(C)CCCC(C)(C)N1C(=O)C(C(C)(C)CC2(C)CC2(C)C(C)(C)C)CC1O. The third kappa shape index (κ3) is 7.36. The smallest absolute Gasteiger partial charge is 0.228 e. The molecule has 1 N–H and O–H groups in total. The van der Waals surface area contributed by atoms with E-state index in [0.717, 1.165) is 25.7 Å². The number of likely N-dealkylation sites (tertiary alicyclic amines) is 1. The van der Waals surface area contributed by atoms with Crippen LogP contribution in [0.1, 0.15) is 148 Å². The molecule has 1 saturated heterocycles. The maximum absolute atomic E-state index is 13.9. The Hall–Kier alpha value is -0.610. The van der Waals surface area contributed by atoms with Crippen LogP contribution in [0, 0.1) is 33.0 Å². The van der Waals surface area contributed by atoms with Gasteiger partial charge in [-0.25, -0.2) is 0 Å². The zero-order valence-electron chi connectivity index (χ0n) is 27.9. The second-order valence-corrected chi connectivity index (χ2v) is 16.9. The zero-order chi connectivity index (χ0) is 29.4. The quantitative estimate of drug-likeness (QED) is 0.229. The van der Waals surface area contributed by atoms with Crippen LogP contribution in [0.5, 0.6) is 0 Å². The van der Waals surface area contributed by atoms with Gasteiger partial charge in [-0.15, -0.1) is 0 Å². The molecule has 2 aliphatic rings. The van der Waals surface area contributed by atoms with Crippen LogP contribution in [0.3, 0.4) is 0 Å². The number of hydrogen-bond donors (Lipinski definition) is 1. The molecule has 1 aliphatic carbocycles. The van der Waals surface area contributed by atoms with Gasteiger partial charge in [0, 0.05) is 17.9 Å². The van der Waals surface area contributed by atoms with E-state index in [2.05, 4.69) is 94.9 Å². The van der Waals surface area contributed by atoms with Gasteiger partial charge in [0.1, 0.15) is 6.23 Å². The van der Waals surface area contributed by atoms with E-state index in [-0.39, 0.29) is 39.0 Å². The minimum atomic E-state index is -0.674. The van der Waals surface area contributed by atoms with Crippen molar-refractivity contribution in [3.63, 3.8) is 0 Å². The fourth-order valence-electron chi connectivity index (χ4n) is 8.05. The van der Waals surface area contributed by atoms with E-state index in [1.807, 2.05) is 4.90 Å². The highest BCUT2D eigenvalue weighted by atomic mass is 16.3. The van der Waals surface area contributed by atoms with Gasteiger partial charge >= 0.3 is 0 Å². The molecule has 1 heterocycles. The fraction of sp³-hybridized carbons (Fsp3) is 0.971. The van der Waals surface area contributed by atoms with Gasteiger partial charge in [0.05, 0.1) is 0 Å². The highest BCUT2D eigenvalue weighted by Crippen LogP contribution is 2.75. The Balaban J connectivity index is 1.99. The van der Waals surface area contributed by atoms with Crippen molar-refractivity contribution in [1.29, 1.82) is 0 Å². The lowest BCUT2D eigenvalue weighted by Crippen LogP contribution is -2.50. The van der Waals surface area contributed by atoms with Crippen molar-refractivity contribution in [3.05, 3.63) is 0 Å². The monoisotopic (exact) mass is 535 g/mol. The number of carbonyl (C=O) groups is 1. The molecule has 1 amide bonds. The number of carbonyl (C=O) groups excluding carboxylic acids is 1. The Morgan fingerprint density at radius 1 is 0.895 bits per heavy atom. The van der Waals surface area contributed by atoms with Crippen molar-refractivity contribution in [3.8, 4) is 0 Å². The molecular weight excluding hydrogens is 468 g/mol. The average molecular weight is 535 g/mol. The molecule has 0 radical (unpaired) electrons. The summed E-state index contributed by atoms with van der Waals surface area (Å²) in [6.45, 7) is 33.7. The minimum Gasteiger partial charge on any atom is -0.373 e. The topological polar surface area (TPSA) is 43.8 Å². The van der Waals surface area contributed by atoms with Crippen LogP contribution < -0.4 is 0 Å². The second-order valence-electron chi connectivity index (χ2n) is 16.9. The third-order valence-corrected chi connectivity index (χ3v) is 11.2. The molecule has 0 aromatic heterocycles. The van der Waals surface area contributed by atoms with Crippen LogP contribution in [0.4, 0.5) is 0 Å². The lowest BCUT2D eigenvalue weighted by Gasteiger charge is -2.41. The van der Waals surface area contributed by atoms with Crippen LogP contribution in [0.25, 0.3) is 0 Å². The molecule has 4 heteroatoms. The number of aliphatic hydroxyl groups is 1. The van der Waals surface area contributed by atoms with Gasteiger partial charge in [-0.05, 0) is 106 Å². The molecule has 4 unspecified atom stereocenters. The van der Waals surface area contributed by atoms with Gasteiger partial charge < -0.3 is 14.9 Å². The molecule has 224 valence electrons. The Kier molecular flexibility index (Phi) is 10.4. The standard InChI is InChI=1S/C34H66N2O2/c1-14-20-35(21-15-2)22-19-30(6,7)17-16-18-32(10,11)36-27(37)23-26(28(36)38)31(8,9)24-33(12)25-34(33,13)29(3,4)5/h26-27,37H,14-25H2,1-13H3. The molecule has 4 atom stereocenters. The molecule has 0 bridgehead atoms. The molecule has 0 aromatic carbocycles. The first-order valence-electron chi connectivity index (χ1n) is 15.9. The van der Waals surface area contributed by atoms with Crippen molar-refractivity contribution in [2.75, 3.05) is 19.6 Å². The maximum atomic E-state index is 13.9. The normalized spacial score (nSPS) is 29.0. The molecule has 4 nitrogen and oxygen atoms in total. The minimum absolute atomic E-state index is 0.113. The molecule has 2 fully saturated rings. The summed E-state index contributed by atoms with van der Waals surface area (Å²) in [5.74, 6) is 0.0567. The van der Waals surface area contributed by atoms with E-state index in [9.17, 15) is 9.90 Å². The van der Waals surface area contributed by atoms with Crippen molar-refractivity contribution < 1.29 is 9.90 Å². The first-order chi connectivity index (χ1) is 17.2. The van der Waals surface area contributed by atoms with Crippen molar-refractivity contribution in [2.24, 2.45) is 33.0 Å². The van der Waals surface area contributed by atoms with E-state index in [4.69, 9.17) is 0 Å². The van der Waals surface area contributed by atoms with E-state index in [0.29, 0.717) is 11.8 Å². The van der Waals surface area contributed by atoms with E-state index in [1.54, 1.807) is 0 Å². The maximum Gasteiger partial charge on any atom is 0.228 e.